The van der Waals surface area contributed by atoms with Crippen LogP contribution in [0.3, 0.4) is 0 Å². The highest BCUT2D eigenvalue weighted by atomic mass is 35.5. The van der Waals surface area contributed by atoms with Gasteiger partial charge in [-0.1, -0.05) is 35.4 Å². The number of nitrogens with one attached hydrogen (secondary N) is 1. The van der Waals surface area contributed by atoms with Crippen LogP contribution in [0.5, 0.6) is 0 Å². The third-order valence-corrected chi connectivity index (χ3v) is 3.47. The minimum atomic E-state index is 0.113. The molecule has 0 aromatic heterocycles. The molecule has 0 saturated carbocycles. The van der Waals surface area contributed by atoms with Crippen LogP contribution < -0.4 is 11.1 Å². The molecule has 0 saturated heterocycles. The van der Waals surface area contributed by atoms with E-state index >= 15 is 0 Å². The van der Waals surface area contributed by atoms with Crippen molar-refractivity contribution in [1.29, 1.82) is 0 Å². The summed E-state index contributed by atoms with van der Waals surface area (Å²) in [6.45, 7) is 4.77. The molecule has 0 heterocycles. The molecular weight excluding hydrogens is 256 g/mol. The van der Waals surface area contributed by atoms with Gasteiger partial charge in [0.2, 0.25) is 0 Å². The molecule has 19 heavy (non-hydrogen) atoms. The zero-order chi connectivity index (χ0) is 13.8. The minimum Gasteiger partial charge on any atom is -0.377 e. The normalized spacial score (nSPS) is 12.2. The summed E-state index contributed by atoms with van der Waals surface area (Å²) in [6, 6.07) is 14.2. The van der Waals surface area contributed by atoms with E-state index in [0.717, 1.165) is 10.7 Å². The first-order valence-corrected chi connectivity index (χ1v) is 6.77. The molecule has 0 aliphatic heterocycles. The molecule has 2 aromatic rings. The summed E-state index contributed by atoms with van der Waals surface area (Å²) < 4.78 is 0. The highest BCUT2D eigenvalue weighted by Crippen LogP contribution is 2.23. The predicted octanol–water partition coefficient (Wildman–Crippen LogP) is 4.07. The number of hydrogen-bond acceptors (Lipinski definition) is 2. The Bertz CT molecular complexity index is 549. The second kappa shape index (κ2) is 6.09. The summed E-state index contributed by atoms with van der Waals surface area (Å²) in [7, 11) is 0. The molecule has 1 atom stereocenters. The zero-order valence-electron chi connectivity index (χ0n) is 11.3. The lowest BCUT2D eigenvalue weighted by Gasteiger charge is -2.21. The lowest BCUT2D eigenvalue weighted by Crippen LogP contribution is -2.21. The van der Waals surface area contributed by atoms with E-state index in [0.29, 0.717) is 6.54 Å². The average Bonchev–Trinajstić information content (AvgIpc) is 2.39. The van der Waals surface area contributed by atoms with Gasteiger partial charge in [-0.05, 0) is 49.2 Å². The molecular formula is C16H19ClN2. The maximum absolute atomic E-state index is 5.90. The van der Waals surface area contributed by atoms with E-state index in [1.807, 2.05) is 24.3 Å². The Labute approximate surface area is 119 Å². The van der Waals surface area contributed by atoms with Gasteiger partial charge < -0.3 is 11.1 Å². The highest BCUT2D eigenvalue weighted by molar-refractivity contribution is 6.30. The molecule has 0 fully saturated rings. The van der Waals surface area contributed by atoms with Gasteiger partial charge in [-0.2, -0.15) is 0 Å². The van der Waals surface area contributed by atoms with E-state index in [9.17, 15) is 0 Å². The van der Waals surface area contributed by atoms with Crippen molar-refractivity contribution in [3.05, 3.63) is 64.2 Å². The molecule has 0 radical (unpaired) electrons. The van der Waals surface area contributed by atoms with Crippen LogP contribution in [0.25, 0.3) is 0 Å². The fraction of sp³-hybridized carbons (Fsp3) is 0.250. The van der Waals surface area contributed by atoms with Crippen molar-refractivity contribution in [1.82, 2.24) is 0 Å². The smallest absolute Gasteiger partial charge is 0.0638 e. The fourth-order valence-electron chi connectivity index (χ4n) is 2.23. The van der Waals surface area contributed by atoms with E-state index < -0.39 is 0 Å². The van der Waals surface area contributed by atoms with E-state index in [1.165, 1.54) is 16.7 Å². The van der Waals surface area contributed by atoms with Crippen molar-refractivity contribution >= 4 is 17.3 Å². The SMILES string of the molecule is Cc1ccc(C(CN)Nc2ccc(Cl)cc2)c(C)c1. The molecule has 2 aromatic carbocycles. The van der Waals surface area contributed by atoms with Crippen LogP contribution in [0.4, 0.5) is 5.69 Å². The van der Waals surface area contributed by atoms with E-state index in [1.54, 1.807) is 0 Å². The second-order valence-corrected chi connectivity index (χ2v) is 5.24. The monoisotopic (exact) mass is 274 g/mol. The van der Waals surface area contributed by atoms with Gasteiger partial charge in [0, 0.05) is 17.3 Å². The topological polar surface area (TPSA) is 38.0 Å². The second-order valence-electron chi connectivity index (χ2n) is 4.80. The molecule has 0 bridgehead atoms. The Morgan fingerprint density at radius 1 is 1.11 bits per heavy atom. The Kier molecular flexibility index (Phi) is 4.46. The van der Waals surface area contributed by atoms with Crippen molar-refractivity contribution in [2.75, 3.05) is 11.9 Å². The lowest BCUT2D eigenvalue weighted by molar-refractivity contribution is 0.783. The van der Waals surface area contributed by atoms with Crippen LogP contribution in [0.1, 0.15) is 22.7 Å². The molecule has 1 unspecified atom stereocenters. The number of rotatable bonds is 4. The first-order chi connectivity index (χ1) is 9.10. The van der Waals surface area contributed by atoms with Crippen LogP contribution in [0.2, 0.25) is 5.02 Å². The van der Waals surface area contributed by atoms with Gasteiger partial charge in [-0.25, -0.2) is 0 Å². The van der Waals surface area contributed by atoms with Crippen LogP contribution in [-0.4, -0.2) is 6.54 Å². The van der Waals surface area contributed by atoms with Gasteiger partial charge in [-0.3, -0.25) is 0 Å². The maximum Gasteiger partial charge on any atom is 0.0638 e. The van der Waals surface area contributed by atoms with E-state index in [4.69, 9.17) is 17.3 Å². The first-order valence-electron chi connectivity index (χ1n) is 6.39. The third kappa shape index (κ3) is 3.49. The van der Waals surface area contributed by atoms with Crippen LogP contribution in [-0.2, 0) is 0 Å². The Morgan fingerprint density at radius 2 is 1.79 bits per heavy atom. The molecule has 0 amide bonds. The number of halogens is 1. The summed E-state index contributed by atoms with van der Waals surface area (Å²) in [5.41, 5.74) is 10.7. The van der Waals surface area contributed by atoms with Crippen molar-refractivity contribution < 1.29 is 0 Å². The van der Waals surface area contributed by atoms with Crippen molar-refractivity contribution in [3.63, 3.8) is 0 Å². The Hall–Kier alpha value is -1.51. The third-order valence-electron chi connectivity index (χ3n) is 3.22. The largest absolute Gasteiger partial charge is 0.377 e. The number of aryl methyl sites for hydroxylation is 2. The summed E-state index contributed by atoms with van der Waals surface area (Å²) in [6.07, 6.45) is 0. The summed E-state index contributed by atoms with van der Waals surface area (Å²) in [5, 5.41) is 4.19. The van der Waals surface area contributed by atoms with Gasteiger partial charge in [0.05, 0.1) is 6.04 Å². The van der Waals surface area contributed by atoms with Gasteiger partial charge >= 0.3 is 0 Å². The van der Waals surface area contributed by atoms with Crippen molar-refractivity contribution in [3.8, 4) is 0 Å². The number of anilines is 1. The maximum atomic E-state index is 5.90. The standard InChI is InChI=1S/C16H19ClN2/c1-11-3-8-15(12(2)9-11)16(10-18)19-14-6-4-13(17)5-7-14/h3-9,16,19H,10,18H2,1-2H3. The summed E-state index contributed by atoms with van der Waals surface area (Å²) in [5.74, 6) is 0. The summed E-state index contributed by atoms with van der Waals surface area (Å²) >= 11 is 5.89. The summed E-state index contributed by atoms with van der Waals surface area (Å²) in [4.78, 5) is 0. The zero-order valence-corrected chi connectivity index (χ0v) is 12.0. The Balaban J connectivity index is 2.22. The molecule has 100 valence electrons. The molecule has 0 spiro atoms. The van der Waals surface area contributed by atoms with Crippen LogP contribution in [0, 0.1) is 13.8 Å². The molecule has 0 aliphatic carbocycles. The Morgan fingerprint density at radius 3 is 2.37 bits per heavy atom. The van der Waals surface area contributed by atoms with Gasteiger partial charge in [0.1, 0.15) is 0 Å². The first kappa shape index (κ1) is 13.9. The lowest BCUT2D eigenvalue weighted by atomic mass is 9.99. The van der Waals surface area contributed by atoms with Gasteiger partial charge in [-0.15, -0.1) is 0 Å². The fourth-order valence-corrected chi connectivity index (χ4v) is 2.35. The average molecular weight is 275 g/mol. The van der Waals surface area contributed by atoms with E-state index in [2.05, 4.69) is 37.4 Å². The van der Waals surface area contributed by atoms with Crippen LogP contribution in [0.15, 0.2) is 42.5 Å². The molecule has 3 N–H and O–H groups in total. The number of hydrogen-bond donors (Lipinski definition) is 2. The number of nitrogens with two attached hydrogens (primary N) is 1. The molecule has 3 heteroatoms. The minimum absolute atomic E-state index is 0.113. The predicted molar refractivity (Wildman–Crippen MR) is 82.8 cm³/mol. The van der Waals surface area contributed by atoms with E-state index in [-0.39, 0.29) is 6.04 Å². The highest BCUT2D eigenvalue weighted by Gasteiger charge is 2.11. The molecule has 2 nitrogen and oxygen atoms in total. The number of benzene rings is 2. The molecule has 2 rings (SSSR count). The quantitative estimate of drug-likeness (QED) is 0.882. The van der Waals surface area contributed by atoms with Crippen LogP contribution >= 0.6 is 11.6 Å². The van der Waals surface area contributed by atoms with Crippen molar-refractivity contribution in [2.45, 2.75) is 19.9 Å². The van der Waals surface area contributed by atoms with Gasteiger partial charge in [0.25, 0.3) is 0 Å². The van der Waals surface area contributed by atoms with Crippen molar-refractivity contribution in [2.24, 2.45) is 5.73 Å². The van der Waals surface area contributed by atoms with Gasteiger partial charge in [0.15, 0.2) is 0 Å². The molecule has 0 aliphatic rings.